The van der Waals surface area contributed by atoms with Crippen LogP contribution < -0.4 is 19.8 Å². The van der Waals surface area contributed by atoms with Gasteiger partial charge in [0.1, 0.15) is 18.1 Å². The summed E-state index contributed by atoms with van der Waals surface area (Å²) in [6.45, 7) is -0.778. The molecule has 2 N–H and O–H groups in total. The minimum absolute atomic E-state index is 0.0292. The number of nitrogens with one attached hydrogen (secondary N) is 2. The Morgan fingerprint density at radius 1 is 0.878 bits per heavy atom. The topological polar surface area (TPSA) is 117 Å². The van der Waals surface area contributed by atoms with Gasteiger partial charge in [-0.3, -0.25) is 13.9 Å². The van der Waals surface area contributed by atoms with Crippen molar-refractivity contribution in [3.63, 3.8) is 0 Å². The largest absolute Gasteiger partial charge is 0.484 e. The molecule has 0 spiro atoms. The smallest absolute Gasteiger partial charge is 0.264 e. The maximum absolute atomic E-state index is 13.3. The maximum Gasteiger partial charge on any atom is 0.264 e. The van der Waals surface area contributed by atoms with Crippen molar-refractivity contribution in [3.05, 3.63) is 120 Å². The highest BCUT2D eigenvalue weighted by atomic mass is 35.5. The number of anilines is 2. The standard InChI is InChI=1S/C29H24ClFN4O5S/c30-22-8-14-25(15-9-22)35(41(38,39)27-4-2-1-3-5-27)19-28(36)34-32-18-21-6-16-26(17-7-21)40-20-29(37)33-24-12-10-23(31)11-13-24/h1-18H,19-20H2,(H,33,37)(H,34,36)/b32-18+. The molecule has 4 aromatic carbocycles. The molecule has 0 fully saturated rings. The van der Waals surface area contributed by atoms with E-state index in [0.29, 0.717) is 22.0 Å². The van der Waals surface area contributed by atoms with Gasteiger partial charge in [-0.15, -0.1) is 0 Å². The summed E-state index contributed by atoms with van der Waals surface area (Å²) in [6, 6.07) is 25.8. The summed E-state index contributed by atoms with van der Waals surface area (Å²) >= 11 is 5.95. The van der Waals surface area contributed by atoms with E-state index in [1.807, 2.05) is 0 Å². The summed E-state index contributed by atoms with van der Waals surface area (Å²) in [7, 11) is -4.06. The van der Waals surface area contributed by atoms with E-state index in [1.54, 1.807) is 42.5 Å². The van der Waals surface area contributed by atoms with Crippen LogP contribution in [-0.4, -0.2) is 39.6 Å². The molecular formula is C29H24ClFN4O5S. The third kappa shape index (κ3) is 8.37. The predicted molar refractivity (Wildman–Crippen MR) is 155 cm³/mol. The third-order valence-corrected chi connectivity index (χ3v) is 7.55. The molecule has 4 rings (SSSR count). The molecule has 0 heterocycles. The van der Waals surface area contributed by atoms with Crippen LogP contribution in [0.2, 0.25) is 5.02 Å². The first-order valence-corrected chi connectivity index (χ1v) is 14.0. The zero-order valence-corrected chi connectivity index (χ0v) is 23.0. The SMILES string of the molecule is O=C(CN(c1ccc(Cl)cc1)S(=O)(=O)c1ccccc1)N/N=C/c1ccc(OCC(=O)Nc2ccc(F)cc2)cc1. The zero-order chi connectivity index (χ0) is 29.2. The van der Waals surface area contributed by atoms with Crippen molar-refractivity contribution >= 4 is 51.0 Å². The van der Waals surface area contributed by atoms with Crippen molar-refractivity contribution in [1.29, 1.82) is 0 Å². The lowest BCUT2D eigenvalue weighted by molar-refractivity contribution is -0.119. The minimum Gasteiger partial charge on any atom is -0.484 e. The first kappa shape index (κ1) is 29.2. The molecule has 0 saturated carbocycles. The number of carbonyl (C=O) groups is 2. The van der Waals surface area contributed by atoms with Gasteiger partial charge in [0.2, 0.25) is 0 Å². The van der Waals surface area contributed by atoms with Crippen LogP contribution >= 0.6 is 11.6 Å². The highest BCUT2D eigenvalue weighted by Gasteiger charge is 2.27. The molecule has 12 heteroatoms. The molecule has 0 unspecified atom stereocenters. The van der Waals surface area contributed by atoms with Gasteiger partial charge in [-0.25, -0.2) is 18.2 Å². The van der Waals surface area contributed by atoms with Gasteiger partial charge >= 0.3 is 0 Å². The fraction of sp³-hybridized carbons (Fsp3) is 0.0690. The lowest BCUT2D eigenvalue weighted by Gasteiger charge is -2.23. The minimum atomic E-state index is -4.06. The van der Waals surface area contributed by atoms with Gasteiger partial charge < -0.3 is 10.1 Å². The second-order valence-electron chi connectivity index (χ2n) is 8.51. The number of hydrogen-bond donors (Lipinski definition) is 2. The molecule has 0 aromatic heterocycles. The molecule has 4 aromatic rings. The molecule has 0 bridgehead atoms. The van der Waals surface area contributed by atoms with Crippen molar-refractivity contribution in [1.82, 2.24) is 5.43 Å². The quantitative estimate of drug-likeness (QED) is 0.190. The van der Waals surface area contributed by atoms with Crippen LogP contribution in [0, 0.1) is 5.82 Å². The van der Waals surface area contributed by atoms with Gasteiger partial charge in [0.15, 0.2) is 6.61 Å². The monoisotopic (exact) mass is 594 g/mol. The Bertz CT molecular complexity index is 1620. The number of benzene rings is 4. The fourth-order valence-electron chi connectivity index (χ4n) is 3.52. The van der Waals surface area contributed by atoms with Crippen LogP contribution in [-0.2, 0) is 19.6 Å². The Hall–Kier alpha value is -4.74. The maximum atomic E-state index is 13.3. The Morgan fingerprint density at radius 3 is 2.20 bits per heavy atom. The van der Waals surface area contributed by atoms with E-state index in [2.05, 4.69) is 15.8 Å². The summed E-state index contributed by atoms with van der Waals surface area (Å²) in [5.74, 6) is -1.06. The number of halogens is 2. The molecule has 9 nitrogen and oxygen atoms in total. The van der Waals surface area contributed by atoms with Crippen LogP contribution in [0.25, 0.3) is 0 Å². The molecule has 0 radical (unpaired) electrons. The second kappa shape index (κ2) is 13.6. The van der Waals surface area contributed by atoms with Crippen molar-refractivity contribution in [3.8, 4) is 5.75 Å². The predicted octanol–water partition coefficient (Wildman–Crippen LogP) is 4.84. The van der Waals surface area contributed by atoms with Crippen LogP contribution in [0.3, 0.4) is 0 Å². The van der Waals surface area contributed by atoms with Crippen LogP contribution in [0.1, 0.15) is 5.56 Å². The number of nitrogens with zero attached hydrogens (tertiary/aromatic N) is 2. The number of carbonyl (C=O) groups excluding carboxylic acids is 2. The summed E-state index contributed by atoms with van der Waals surface area (Å²) in [5, 5.41) is 6.93. The second-order valence-corrected chi connectivity index (χ2v) is 10.8. The lowest BCUT2D eigenvalue weighted by Crippen LogP contribution is -2.39. The van der Waals surface area contributed by atoms with Crippen LogP contribution in [0.15, 0.2) is 113 Å². The Kier molecular flexibility index (Phi) is 9.67. The molecule has 0 saturated heterocycles. The summed E-state index contributed by atoms with van der Waals surface area (Å²) < 4.78 is 46.0. The van der Waals surface area contributed by atoms with Gasteiger partial charge in [-0.2, -0.15) is 5.10 Å². The van der Waals surface area contributed by atoms with Crippen LogP contribution in [0.5, 0.6) is 5.75 Å². The Morgan fingerprint density at radius 2 is 1.54 bits per heavy atom. The van der Waals surface area contributed by atoms with E-state index in [-0.39, 0.29) is 17.2 Å². The fourth-order valence-corrected chi connectivity index (χ4v) is 5.08. The van der Waals surface area contributed by atoms with E-state index in [9.17, 15) is 22.4 Å². The van der Waals surface area contributed by atoms with Gasteiger partial charge in [0.25, 0.3) is 21.8 Å². The summed E-state index contributed by atoms with van der Waals surface area (Å²) in [4.78, 5) is 24.7. The number of rotatable bonds is 11. The highest BCUT2D eigenvalue weighted by molar-refractivity contribution is 7.92. The first-order valence-electron chi connectivity index (χ1n) is 12.1. The van der Waals surface area contributed by atoms with Gasteiger partial charge in [0.05, 0.1) is 16.8 Å². The summed E-state index contributed by atoms with van der Waals surface area (Å²) in [5.41, 5.74) is 3.66. The number of hydrogen-bond acceptors (Lipinski definition) is 6. The van der Waals surface area contributed by atoms with Gasteiger partial charge in [-0.1, -0.05) is 29.8 Å². The number of hydrazone groups is 1. The Labute approximate surface area is 241 Å². The number of sulfonamides is 1. The molecule has 0 aliphatic rings. The molecular weight excluding hydrogens is 571 g/mol. The molecule has 0 atom stereocenters. The lowest BCUT2D eigenvalue weighted by atomic mass is 10.2. The van der Waals surface area contributed by atoms with E-state index < -0.39 is 34.2 Å². The van der Waals surface area contributed by atoms with Crippen molar-refractivity contribution in [2.24, 2.45) is 5.10 Å². The molecule has 41 heavy (non-hydrogen) atoms. The van der Waals surface area contributed by atoms with E-state index in [1.165, 1.54) is 66.9 Å². The summed E-state index contributed by atoms with van der Waals surface area (Å²) in [6.07, 6.45) is 1.38. The van der Waals surface area contributed by atoms with Gasteiger partial charge in [0, 0.05) is 10.7 Å². The van der Waals surface area contributed by atoms with E-state index in [4.69, 9.17) is 16.3 Å². The van der Waals surface area contributed by atoms with Crippen molar-refractivity contribution in [2.75, 3.05) is 22.8 Å². The van der Waals surface area contributed by atoms with Crippen LogP contribution in [0.4, 0.5) is 15.8 Å². The molecule has 0 aliphatic carbocycles. The number of amides is 2. The van der Waals surface area contributed by atoms with E-state index >= 15 is 0 Å². The first-order chi connectivity index (χ1) is 19.7. The normalized spacial score (nSPS) is 11.2. The zero-order valence-electron chi connectivity index (χ0n) is 21.4. The third-order valence-electron chi connectivity index (χ3n) is 5.51. The molecule has 0 aliphatic heterocycles. The van der Waals surface area contributed by atoms with Crippen molar-refractivity contribution < 1.29 is 27.1 Å². The van der Waals surface area contributed by atoms with Crippen molar-refractivity contribution in [2.45, 2.75) is 4.90 Å². The Balaban J connectivity index is 1.33. The van der Waals surface area contributed by atoms with Gasteiger partial charge in [-0.05, 0) is 90.5 Å². The molecule has 210 valence electrons. The number of ether oxygens (including phenoxy) is 1. The molecule has 2 amide bonds. The average molecular weight is 595 g/mol. The highest BCUT2D eigenvalue weighted by Crippen LogP contribution is 2.25. The average Bonchev–Trinajstić information content (AvgIpc) is 2.98. The van der Waals surface area contributed by atoms with E-state index in [0.717, 1.165) is 4.31 Å².